The maximum atomic E-state index is 12.6. The molecule has 0 saturated carbocycles. The normalized spacial score (nSPS) is 22.3. The van der Waals surface area contributed by atoms with Crippen molar-refractivity contribution in [3.8, 4) is 0 Å². The Balaban J connectivity index is 2.19. The fourth-order valence-corrected chi connectivity index (χ4v) is 2.45. The van der Waals surface area contributed by atoms with E-state index in [1.54, 1.807) is 31.2 Å². The van der Waals surface area contributed by atoms with E-state index >= 15 is 0 Å². The fraction of sp³-hybridized carbons (Fsp3) is 0.0667. The lowest BCUT2D eigenvalue weighted by atomic mass is 10.1. The van der Waals surface area contributed by atoms with E-state index in [4.69, 9.17) is 0 Å². The van der Waals surface area contributed by atoms with Gasteiger partial charge in [-0.3, -0.25) is 5.06 Å². The lowest BCUT2D eigenvalue weighted by Crippen LogP contribution is -3.10. The Morgan fingerprint density at radius 1 is 0.737 bits per heavy atom. The molecule has 0 bridgehead atoms. The number of rotatable bonds is 1. The van der Waals surface area contributed by atoms with Crippen LogP contribution in [0.2, 0.25) is 0 Å². The molecule has 1 heterocycles. The van der Waals surface area contributed by atoms with Crippen molar-refractivity contribution in [2.75, 3.05) is 0 Å². The van der Waals surface area contributed by atoms with E-state index < -0.39 is 0 Å². The molecule has 0 amide bonds. The smallest absolute Gasteiger partial charge is 0.201 e. The SMILES string of the molecule is CC1=C(c2ccccc2)[NH+]([O-])c2ccccc2[NH+]1[O-]. The van der Waals surface area contributed by atoms with E-state index in [1.165, 1.54) is 0 Å². The van der Waals surface area contributed by atoms with Crippen molar-refractivity contribution >= 4 is 17.1 Å². The number of fused-ring (bicyclic) bond motifs is 1. The highest BCUT2D eigenvalue weighted by atomic mass is 16.5. The van der Waals surface area contributed by atoms with Gasteiger partial charge in [0, 0.05) is 24.6 Å². The minimum Gasteiger partial charge on any atom is -0.623 e. The predicted molar refractivity (Wildman–Crippen MR) is 73.5 cm³/mol. The molecule has 96 valence electrons. The molecule has 3 rings (SSSR count). The van der Waals surface area contributed by atoms with E-state index in [1.807, 2.05) is 30.3 Å². The molecular formula is C15H14N2O2. The van der Waals surface area contributed by atoms with Crippen LogP contribution in [0.4, 0.5) is 11.4 Å². The standard InChI is InChI=1S/C15H14N2O2/c1-11-15(12-7-3-2-4-8-12)17(19)14-10-6-5-9-13(14)16(11)18/h2-10,16-17H,1H3. The molecule has 19 heavy (non-hydrogen) atoms. The van der Waals surface area contributed by atoms with Crippen molar-refractivity contribution in [3.05, 3.63) is 76.3 Å². The molecule has 0 radical (unpaired) electrons. The second-order valence-electron chi connectivity index (χ2n) is 4.57. The fourth-order valence-electron chi connectivity index (χ4n) is 2.45. The molecule has 1 aliphatic rings. The van der Waals surface area contributed by atoms with E-state index in [2.05, 4.69) is 0 Å². The summed E-state index contributed by atoms with van der Waals surface area (Å²) >= 11 is 0. The minimum absolute atomic E-state index is 0.0611. The van der Waals surface area contributed by atoms with Gasteiger partial charge in [-0.25, -0.2) is 0 Å². The average Bonchev–Trinajstić information content (AvgIpc) is 2.46. The highest BCUT2D eigenvalue weighted by molar-refractivity contribution is 5.67. The lowest BCUT2D eigenvalue weighted by molar-refractivity contribution is -0.776. The number of hydrogen-bond acceptors (Lipinski definition) is 2. The van der Waals surface area contributed by atoms with Gasteiger partial charge in [0.2, 0.25) is 5.70 Å². The lowest BCUT2D eigenvalue weighted by Gasteiger charge is -2.35. The maximum absolute atomic E-state index is 12.6. The third kappa shape index (κ3) is 1.87. The Morgan fingerprint density at radius 2 is 1.26 bits per heavy atom. The van der Waals surface area contributed by atoms with E-state index in [0.717, 1.165) is 5.56 Å². The summed E-state index contributed by atoms with van der Waals surface area (Å²) in [6.45, 7) is 1.72. The van der Waals surface area contributed by atoms with Crippen molar-refractivity contribution in [2.24, 2.45) is 0 Å². The first kappa shape index (κ1) is 12.1. The van der Waals surface area contributed by atoms with Crippen LogP contribution in [0.1, 0.15) is 12.5 Å². The third-order valence-corrected chi connectivity index (χ3v) is 3.42. The highest BCUT2D eigenvalue weighted by Crippen LogP contribution is 2.22. The Labute approximate surface area is 111 Å². The molecule has 2 aromatic rings. The van der Waals surface area contributed by atoms with Crippen molar-refractivity contribution in [3.63, 3.8) is 0 Å². The quantitative estimate of drug-likeness (QED) is 0.749. The maximum Gasteiger partial charge on any atom is 0.201 e. The van der Waals surface area contributed by atoms with Gasteiger partial charge in [-0.1, -0.05) is 30.3 Å². The molecule has 2 unspecified atom stereocenters. The zero-order valence-corrected chi connectivity index (χ0v) is 10.5. The van der Waals surface area contributed by atoms with E-state index in [-0.39, 0.29) is 10.1 Å². The molecule has 2 aromatic carbocycles. The molecule has 0 aliphatic carbocycles. The van der Waals surface area contributed by atoms with E-state index in [0.29, 0.717) is 22.8 Å². The topological polar surface area (TPSA) is 55.0 Å². The summed E-state index contributed by atoms with van der Waals surface area (Å²) in [5.41, 5.74) is 2.84. The van der Waals surface area contributed by atoms with Crippen LogP contribution < -0.4 is 10.1 Å². The van der Waals surface area contributed by atoms with Crippen molar-refractivity contribution < 1.29 is 10.1 Å². The van der Waals surface area contributed by atoms with Crippen molar-refractivity contribution in [1.29, 1.82) is 0 Å². The monoisotopic (exact) mass is 254 g/mol. The molecule has 0 spiro atoms. The summed E-state index contributed by atoms with van der Waals surface area (Å²) < 4.78 is 0. The average molecular weight is 254 g/mol. The summed E-state index contributed by atoms with van der Waals surface area (Å²) in [6, 6.07) is 16.3. The molecule has 4 heteroatoms. The van der Waals surface area contributed by atoms with Crippen LogP contribution in [0.25, 0.3) is 5.70 Å². The highest BCUT2D eigenvalue weighted by Gasteiger charge is 2.30. The molecule has 2 atom stereocenters. The summed E-state index contributed by atoms with van der Waals surface area (Å²) in [5, 5.41) is 24.8. The molecule has 4 nitrogen and oxygen atoms in total. The summed E-state index contributed by atoms with van der Waals surface area (Å²) in [6.07, 6.45) is 0. The van der Waals surface area contributed by atoms with Gasteiger partial charge < -0.3 is 15.5 Å². The summed E-state index contributed by atoms with van der Waals surface area (Å²) in [7, 11) is 0. The summed E-state index contributed by atoms with van der Waals surface area (Å²) in [5.74, 6) is 0. The van der Waals surface area contributed by atoms with Gasteiger partial charge in [-0.05, 0) is 12.1 Å². The first-order chi connectivity index (χ1) is 9.20. The van der Waals surface area contributed by atoms with Gasteiger partial charge in [0.15, 0.2) is 17.1 Å². The largest absolute Gasteiger partial charge is 0.623 e. The second kappa shape index (κ2) is 4.60. The van der Waals surface area contributed by atoms with Gasteiger partial charge in [0.1, 0.15) is 0 Å². The number of hydrogen-bond donors (Lipinski definition) is 2. The van der Waals surface area contributed by atoms with Crippen LogP contribution in [-0.2, 0) is 0 Å². The second-order valence-corrected chi connectivity index (χ2v) is 4.57. The number of quaternary nitrogens is 2. The molecule has 0 fully saturated rings. The van der Waals surface area contributed by atoms with Crippen LogP contribution in [0.3, 0.4) is 0 Å². The number of benzene rings is 2. The Kier molecular flexibility index (Phi) is 2.93. The molecule has 0 saturated heterocycles. The van der Waals surface area contributed by atoms with Crippen LogP contribution >= 0.6 is 0 Å². The first-order valence-corrected chi connectivity index (χ1v) is 6.15. The van der Waals surface area contributed by atoms with Crippen LogP contribution in [0.5, 0.6) is 0 Å². The zero-order chi connectivity index (χ0) is 13.4. The molecule has 1 aliphatic heterocycles. The zero-order valence-electron chi connectivity index (χ0n) is 10.5. The van der Waals surface area contributed by atoms with Crippen LogP contribution in [0.15, 0.2) is 60.3 Å². The van der Waals surface area contributed by atoms with E-state index in [9.17, 15) is 10.4 Å². The van der Waals surface area contributed by atoms with Gasteiger partial charge in [-0.15, -0.1) is 0 Å². The molecule has 0 aromatic heterocycles. The van der Waals surface area contributed by atoms with Crippen LogP contribution in [0, 0.1) is 10.4 Å². The van der Waals surface area contributed by atoms with Gasteiger partial charge in [0.05, 0.1) is 0 Å². The number of allylic oxidation sites excluding steroid dienone is 1. The first-order valence-electron chi connectivity index (χ1n) is 6.15. The van der Waals surface area contributed by atoms with Crippen molar-refractivity contribution in [2.45, 2.75) is 6.92 Å². The Hall–Kier alpha value is -1.98. The van der Waals surface area contributed by atoms with Gasteiger partial charge in [0.25, 0.3) is 0 Å². The number of para-hydroxylation sites is 2. The molecule has 2 N–H and O–H groups in total. The van der Waals surface area contributed by atoms with Gasteiger partial charge >= 0.3 is 0 Å². The minimum atomic E-state index is -0.0705. The predicted octanol–water partition coefficient (Wildman–Crippen LogP) is 1.12. The van der Waals surface area contributed by atoms with Crippen molar-refractivity contribution in [1.82, 2.24) is 0 Å². The number of hydroxylamine groups is 2. The third-order valence-electron chi connectivity index (χ3n) is 3.42. The van der Waals surface area contributed by atoms with Crippen LogP contribution in [-0.4, -0.2) is 0 Å². The summed E-state index contributed by atoms with van der Waals surface area (Å²) in [4.78, 5) is 0. The number of nitrogens with one attached hydrogen (secondary N) is 2. The Bertz CT molecular complexity index is 638. The Morgan fingerprint density at radius 3 is 1.89 bits per heavy atom. The molecular weight excluding hydrogens is 240 g/mol. The van der Waals surface area contributed by atoms with Gasteiger partial charge in [-0.2, -0.15) is 0 Å².